The van der Waals surface area contributed by atoms with E-state index in [1.807, 2.05) is 6.92 Å². The van der Waals surface area contributed by atoms with E-state index in [0.29, 0.717) is 23.0 Å². The van der Waals surface area contributed by atoms with Crippen LogP contribution in [0.15, 0.2) is 18.2 Å². The summed E-state index contributed by atoms with van der Waals surface area (Å²) < 4.78 is 0. The lowest BCUT2D eigenvalue weighted by molar-refractivity contribution is -0.131. The first-order valence-corrected chi connectivity index (χ1v) is 6.15. The fraction of sp³-hybridized carbons (Fsp3) is 0.417. The van der Waals surface area contributed by atoms with Crippen molar-refractivity contribution in [2.75, 3.05) is 7.05 Å². The summed E-state index contributed by atoms with van der Waals surface area (Å²) in [6, 6.07) is 4.78. The molecule has 0 saturated heterocycles. The minimum absolute atomic E-state index is 0. The highest BCUT2D eigenvalue weighted by Crippen LogP contribution is 2.20. The van der Waals surface area contributed by atoms with Crippen LogP contribution in [0.5, 0.6) is 0 Å². The Morgan fingerprint density at radius 3 is 2.28 bits per heavy atom. The third kappa shape index (κ3) is 5.02. The van der Waals surface area contributed by atoms with Crippen LogP contribution in [0.4, 0.5) is 0 Å². The van der Waals surface area contributed by atoms with Crippen molar-refractivity contribution < 1.29 is 4.79 Å². The summed E-state index contributed by atoms with van der Waals surface area (Å²) in [6.45, 7) is 2.33. The van der Waals surface area contributed by atoms with E-state index >= 15 is 0 Å². The van der Waals surface area contributed by atoms with Gasteiger partial charge in [0, 0.05) is 23.6 Å². The molecule has 0 bridgehead atoms. The zero-order valence-corrected chi connectivity index (χ0v) is 12.6. The molecule has 1 atom stereocenters. The Kier molecular flexibility index (Phi) is 7.64. The molecular formula is C12H17Cl3N2O. The van der Waals surface area contributed by atoms with Crippen LogP contribution in [-0.4, -0.2) is 23.9 Å². The maximum atomic E-state index is 11.8. The van der Waals surface area contributed by atoms with Crippen LogP contribution in [0.2, 0.25) is 10.0 Å². The monoisotopic (exact) mass is 310 g/mol. The van der Waals surface area contributed by atoms with Crippen molar-refractivity contribution in [3.8, 4) is 0 Å². The number of nitrogens with two attached hydrogens (primary N) is 1. The lowest BCUT2D eigenvalue weighted by Gasteiger charge is -2.20. The number of likely N-dealkylation sites (N-methyl/N-ethyl adjacent to an activating group) is 1. The molecule has 0 aliphatic heterocycles. The van der Waals surface area contributed by atoms with Crippen LogP contribution in [-0.2, 0) is 11.3 Å². The fourth-order valence-corrected chi connectivity index (χ4v) is 2.08. The molecule has 3 nitrogen and oxygen atoms in total. The predicted molar refractivity (Wildman–Crippen MR) is 78.5 cm³/mol. The zero-order valence-electron chi connectivity index (χ0n) is 10.3. The highest BCUT2D eigenvalue weighted by atomic mass is 35.5. The van der Waals surface area contributed by atoms with Gasteiger partial charge in [-0.2, -0.15) is 0 Å². The summed E-state index contributed by atoms with van der Waals surface area (Å²) in [6.07, 6.45) is 0.624. The van der Waals surface area contributed by atoms with E-state index in [0.717, 1.165) is 5.56 Å². The number of hydrogen-bond donors (Lipinski definition) is 1. The molecule has 0 saturated carbocycles. The molecule has 102 valence electrons. The van der Waals surface area contributed by atoms with Crippen molar-refractivity contribution in [3.63, 3.8) is 0 Å². The number of nitrogens with zero attached hydrogens (tertiary/aromatic N) is 1. The first kappa shape index (κ1) is 17.5. The molecule has 0 radical (unpaired) electrons. The topological polar surface area (TPSA) is 46.3 Å². The minimum Gasteiger partial charge on any atom is -0.340 e. The standard InChI is InChI=1S/C12H16Cl2N2O.ClH/c1-3-11(15)12(17)16(2)7-8-4-9(13)6-10(14)5-8;/h4-6,11H,3,7,15H2,1-2H3;1H/t11-;/m0./s1. The highest BCUT2D eigenvalue weighted by molar-refractivity contribution is 6.34. The molecule has 6 heteroatoms. The maximum Gasteiger partial charge on any atom is 0.239 e. The van der Waals surface area contributed by atoms with Crippen LogP contribution in [0.25, 0.3) is 0 Å². The number of amides is 1. The van der Waals surface area contributed by atoms with Crippen molar-refractivity contribution in [2.45, 2.75) is 25.9 Å². The van der Waals surface area contributed by atoms with E-state index in [1.54, 1.807) is 30.1 Å². The van der Waals surface area contributed by atoms with Crippen molar-refractivity contribution >= 4 is 41.5 Å². The van der Waals surface area contributed by atoms with Crippen molar-refractivity contribution in [1.29, 1.82) is 0 Å². The number of carbonyl (C=O) groups is 1. The van der Waals surface area contributed by atoms with Gasteiger partial charge < -0.3 is 10.6 Å². The van der Waals surface area contributed by atoms with Crippen LogP contribution in [0, 0.1) is 0 Å². The van der Waals surface area contributed by atoms with E-state index in [2.05, 4.69) is 0 Å². The molecule has 2 N–H and O–H groups in total. The van der Waals surface area contributed by atoms with E-state index < -0.39 is 6.04 Å². The van der Waals surface area contributed by atoms with E-state index in [4.69, 9.17) is 28.9 Å². The van der Waals surface area contributed by atoms with Crippen LogP contribution in [0.3, 0.4) is 0 Å². The largest absolute Gasteiger partial charge is 0.340 e. The number of halogens is 3. The van der Waals surface area contributed by atoms with E-state index in [9.17, 15) is 4.79 Å². The molecule has 0 aromatic heterocycles. The first-order chi connectivity index (χ1) is 7.93. The molecule has 1 aromatic carbocycles. The van der Waals surface area contributed by atoms with Crippen molar-refractivity contribution in [1.82, 2.24) is 4.90 Å². The summed E-state index contributed by atoms with van der Waals surface area (Å²) >= 11 is 11.8. The van der Waals surface area contributed by atoms with Gasteiger partial charge in [0.25, 0.3) is 0 Å². The van der Waals surface area contributed by atoms with Gasteiger partial charge in [0.05, 0.1) is 6.04 Å². The number of rotatable bonds is 4. The third-order valence-electron chi connectivity index (χ3n) is 2.48. The summed E-state index contributed by atoms with van der Waals surface area (Å²) in [5.74, 6) is -0.0800. The Bertz CT molecular complexity index is 392. The normalized spacial score (nSPS) is 11.6. The molecule has 1 amide bonds. The molecule has 1 rings (SSSR count). The van der Waals surface area contributed by atoms with E-state index in [-0.39, 0.29) is 18.3 Å². The van der Waals surface area contributed by atoms with Gasteiger partial charge in [-0.1, -0.05) is 30.1 Å². The highest BCUT2D eigenvalue weighted by Gasteiger charge is 2.16. The predicted octanol–water partition coefficient (Wildman–Crippen LogP) is 3.11. The number of carbonyl (C=O) groups excluding carboxylic acids is 1. The Morgan fingerprint density at radius 2 is 1.83 bits per heavy atom. The molecule has 0 unspecified atom stereocenters. The van der Waals surface area contributed by atoms with Gasteiger partial charge in [0.15, 0.2) is 0 Å². The summed E-state index contributed by atoms with van der Waals surface area (Å²) in [5, 5.41) is 1.13. The Hall–Kier alpha value is -0.480. The number of hydrogen-bond acceptors (Lipinski definition) is 2. The SMILES string of the molecule is CC[C@H](N)C(=O)N(C)Cc1cc(Cl)cc(Cl)c1.Cl. The Balaban J connectivity index is 0.00000289. The quantitative estimate of drug-likeness (QED) is 0.928. The lowest BCUT2D eigenvalue weighted by atomic mass is 10.2. The van der Waals surface area contributed by atoms with Gasteiger partial charge in [-0.3, -0.25) is 4.79 Å². The lowest BCUT2D eigenvalue weighted by Crippen LogP contribution is -2.40. The molecule has 0 aliphatic rings. The van der Waals surface area contributed by atoms with Crippen molar-refractivity contribution in [3.05, 3.63) is 33.8 Å². The second-order valence-electron chi connectivity index (χ2n) is 3.99. The third-order valence-corrected chi connectivity index (χ3v) is 2.91. The molecule has 0 spiro atoms. The maximum absolute atomic E-state index is 11.8. The summed E-state index contributed by atoms with van der Waals surface area (Å²) in [4.78, 5) is 13.4. The van der Waals surface area contributed by atoms with Gasteiger partial charge in [-0.25, -0.2) is 0 Å². The van der Waals surface area contributed by atoms with Crippen LogP contribution >= 0.6 is 35.6 Å². The smallest absolute Gasteiger partial charge is 0.239 e. The van der Waals surface area contributed by atoms with Crippen LogP contribution in [0.1, 0.15) is 18.9 Å². The molecule has 0 fully saturated rings. The molecule has 0 heterocycles. The first-order valence-electron chi connectivity index (χ1n) is 5.39. The number of benzene rings is 1. The van der Waals surface area contributed by atoms with Gasteiger partial charge in [0.2, 0.25) is 5.91 Å². The minimum atomic E-state index is -0.449. The van der Waals surface area contributed by atoms with Crippen molar-refractivity contribution in [2.24, 2.45) is 5.73 Å². The average molecular weight is 312 g/mol. The second kappa shape index (κ2) is 7.85. The Labute approximate surface area is 124 Å². The van der Waals surface area contributed by atoms with Gasteiger partial charge >= 0.3 is 0 Å². The second-order valence-corrected chi connectivity index (χ2v) is 4.86. The Morgan fingerprint density at radius 1 is 1.33 bits per heavy atom. The molecular weight excluding hydrogens is 295 g/mol. The average Bonchev–Trinajstić information content (AvgIpc) is 2.25. The fourth-order valence-electron chi connectivity index (χ4n) is 1.51. The molecule has 1 aromatic rings. The van der Waals surface area contributed by atoms with Gasteiger partial charge in [-0.05, 0) is 30.2 Å². The summed E-state index contributed by atoms with van der Waals surface area (Å²) in [5.41, 5.74) is 6.58. The molecule has 18 heavy (non-hydrogen) atoms. The molecule has 0 aliphatic carbocycles. The zero-order chi connectivity index (χ0) is 13.0. The van der Waals surface area contributed by atoms with Gasteiger partial charge in [-0.15, -0.1) is 12.4 Å². The van der Waals surface area contributed by atoms with Gasteiger partial charge in [0.1, 0.15) is 0 Å². The van der Waals surface area contributed by atoms with Crippen LogP contribution < -0.4 is 5.73 Å². The van der Waals surface area contributed by atoms with E-state index in [1.165, 1.54) is 0 Å². The summed E-state index contributed by atoms with van der Waals surface area (Å²) in [7, 11) is 1.71.